The molecular formula is C12H18O-2. The lowest BCUT2D eigenvalue weighted by Crippen LogP contribution is -2.06. The summed E-state index contributed by atoms with van der Waals surface area (Å²) in [6.45, 7) is 11.1. The van der Waals surface area contributed by atoms with E-state index in [1.807, 2.05) is 13.8 Å². The summed E-state index contributed by atoms with van der Waals surface area (Å²) in [5.41, 5.74) is 0. The van der Waals surface area contributed by atoms with Crippen molar-refractivity contribution in [1.29, 1.82) is 0 Å². The van der Waals surface area contributed by atoms with Gasteiger partial charge >= 0.3 is 0 Å². The highest BCUT2D eigenvalue weighted by Crippen LogP contribution is 2.09. The van der Waals surface area contributed by atoms with Crippen LogP contribution in [0.25, 0.3) is 0 Å². The van der Waals surface area contributed by atoms with Crippen molar-refractivity contribution < 1.29 is 4.79 Å². The molecule has 0 fully saturated rings. The van der Waals surface area contributed by atoms with Crippen molar-refractivity contribution in [3.8, 4) is 11.8 Å². The van der Waals surface area contributed by atoms with E-state index >= 15 is 0 Å². The first-order valence-electron chi connectivity index (χ1n) is 4.71. The van der Waals surface area contributed by atoms with E-state index in [2.05, 4.69) is 25.7 Å². The smallest absolute Gasteiger partial charge is 0.135 e. The van der Waals surface area contributed by atoms with E-state index in [4.69, 9.17) is 0 Å². The Labute approximate surface area is 81.9 Å². The number of carbonyl (C=O) groups excluding carboxylic acids is 1. The third-order valence-corrected chi connectivity index (χ3v) is 1.93. The standard InChI is InChI=1S/C12H18O/c1-5-7-11(4)8-6-9-12(13)10(2)3/h10-11H,1,4,6,8-9H2,2-3H3/q-2. The highest BCUT2D eigenvalue weighted by atomic mass is 16.1. The van der Waals surface area contributed by atoms with Crippen molar-refractivity contribution in [1.82, 2.24) is 0 Å². The molecule has 0 aromatic heterocycles. The molecule has 13 heavy (non-hydrogen) atoms. The molecule has 0 saturated heterocycles. The van der Waals surface area contributed by atoms with Crippen molar-refractivity contribution in [2.45, 2.75) is 33.1 Å². The highest BCUT2D eigenvalue weighted by molar-refractivity contribution is 5.80. The van der Waals surface area contributed by atoms with Gasteiger partial charge in [-0.15, -0.1) is 0 Å². The summed E-state index contributed by atoms with van der Waals surface area (Å²) in [7, 11) is 0. The lowest BCUT2D eigenvalue weighted by Gasteiger charge is -2.15. The fraction of sp³-hybridized carbons (Fsp3) is 0.583. The minimum absolute atomic E-state index is 0.123. The second-order valence-electron chi connectivity index (χ2n) is 3.53. The van der Waals surface area contributed by atoms with Crippen molar-refractivity contribution in [3.63, 3.8) is 0 Å². The van der Waals surface area contributed by atoms with Gasteiger partial charge in [0.2, 0.25) is 0 Å². The Morgan fingerprint density at radius 2 is 2.08 bits per heavy atom. The van der Waals surface area contributed by atoms with Gasteiger partial charge in [0.25, 0.3) is 0 Å². The van der Waals surface area contributed by atoms with Crippen molar-refractivity contribution in [3.05, 3.63) is 13.8 Å². The molecule has 0 aromatic carbocycles. The minimum Gasteiger partial charge on any atom is -0.356 e. The molecule has 0 N–H and O–H groups in total. The first-order chi connectivity index (χ1) is 6.07. The Morgan fingerprint density at radius 3 is 2.54 bits per heavy atom. The summed E-state index contributed by atoms with van der Waals surface area (Å²) in [6, 6.07) is 0. The zero-order chi connectivity index (χ0) is 10.3. The third-order valence-electron chi connectivity index (χ3n) is 1.93. The number of hydrogen-bond acceptors (Lipinski definition) is 1. The second kappa shape index (κ2) is 6.60. The van der Waals surface area contributed by atoms with Crippen LogP contribution in [0.3, 0.4) is 0 Å². The van der Waals surface area contributed by atoms with Crippen LogP contribution in [0.2, 0.25) is 0 Å². The van der Waals surface area contributed by atoms with Gasteiger partial charge in [0, 0.05) is 12.3 Å². The highest BCUT2D eigenvalue weighted by Gasteiger charge is 2.05. The SMILES string of the molecule is [CH2-]C#CC([CH2-])CCCC(=O)C(C)C. The van der Waals surface area contributed by atoms with E-state index < -0.39 is 0 Å². The molecule has 0 spiro atoms. The van der Waals surface area contributed by atoms with Crippen LogP contribution in [-0.2, 0) is 4.79 Å². The van der Waals surface area contributed by atoms with Gasteiger partial charge in [-0.3, -0.25) is 10.7 Å². The Hall–Kier alpha value is -0.900. The molecule has 74 valence electrons. The van der Waals surface area contributed by atoms with Crippen LogP contribution in [0.5, 0.6) is 0 Å². The van der Waals surface area contributed by atoms with Gasteiger partial charge in [-0.1, -0.05) is 20.3 Å². The maximum atomic E-state index is 11.2. The molecular weight excluding hydrogens is 160 g/mol. The number of hydrogen-bond donors (Lipinski definition) is 0. The lowest BCUT2D eigenvalue weighted by molar-refractivity contribution is -0.122. The van der Waals surface area contributed by atoms with Gasteiger partial charge in [0.1, 0.15) is 5.78 Å². The molecule has 1 heteroatoms. The largest absolute Gasteiger partial charge is 0.356 e. The van der Waals surface area contributed by atoms with E-state index in [0.717, 1.165) is 12.8 Å². The zero-order valence-electron chi connectivity index (χ0n) is 8.60. The van der Waals surface area contributed by atoms with Crippen LogP contribution >= 0.6 is 0 Å². The van der Waals surface area contributed by atoms with Crippen LogP contribution < -0.4 is 0 Å². The topological polar surface area (TPSA) is 17.1 Å². The van der Waals surface area contributed by atoms with Crippen molar-refractivity contribution in [2.75, 3.05) is 0 Å². The minimum atomic E-state index is 0.123. The second-order valence-corrected chi connectivity index (χ2v) is 3.53. The molecule has 0 aliphatic rings. The summed E-state index contributed by atoms with van der Waals surface area (Å²) in [4.78, 5) is 11.2. The average molecular weight is 178 g/mol. The van der Waals surface area contributed by atoms with Crippen molar-refractivity contribution >= 4 is 5.78 Å². The zero-order valence-corrected chi connectivity index (χ0v) is 8.60. The predicted molar refractivity (Wildman–Crippen MR) is 55.7 cm³/mol. The molecule has 1 unspecified atom stereocenters. The molecule has 0 aromatic rings. The Balaban J connectivity index is 3.54. The summed E-state index contributed by atoms with van der Waals surface area (Å²) in [6.07, 6.45) is 2.43. The number of ketones is 1. The van der Waals surface area contributed by atoms with Crippen LogP contribution in [0.15, 0.2) is 0 Å². The third kappa shape index (κ3) is 6.28. The van der Waals surface area contributed by atoms with Gasteiger partial charge in [-0.2, -0.15) is 12.8 Å². The molecule has 1 nitrogen and oxygen atoms in total. The summed E-state index contributed by atoms with van der Waals surface area (Å²) >= 11 is 0. The fourth-order valence-electron chi connectivity index (χ4n) is 1.03. The Morgan fingerprint density at radius 1 is 1.46 bits per heavy atom. The first-order valence-corrected chi connectivity index (χ1v) is 4.71. The van der Waals surface area contributed by atoms with Crippen molar-refractivity contribution in [2.24, 2.45) is 11.8 Å². The number of Topliss-reactive ketones (excluding diaryl/α,β-unsaturated/α-hetero) is 1. The molecule has 1 atom stereocenters. The maximum absolute atomic E-state index is 11.2. The normalized spacial score (nSPS) is 12.0. The van der Waals surface area contributed by atoms with Gasteiger partial charge in [0.15, 0.2) is 0 Å². The summed E-state index contributed by atoms with van der Waals surface area (Å²) in [5.74, 6) is 6.05. The van der Waals surface area contributed by atoms with Gasteiger partial charge in [-0.05, 0) is 6.42 Å². The quantitative estimate of drug-likeness (QED) is 0.467. The van der Waals surface area contributed by atoms with E-state index in [1.54, 1.807) is 0 Å². The monoisotopic (exact) mass is 178 g/mol. The molecule has 0 radical (unpaired) electrons. The summed E-state index contributed by atoms with van der Waals surface area (Å²) < 4.78 is 0. The van der Waals surface area contributed by atoms with E-state index in [-0.39, 0.29) is 11.8 Å². The number of rotatable bonds is 5. The van der Waals surface area contributed by atoms with E-state index in [9.17, 15) is 4.79 Å². The van der Waals surface area contributed by atoms with Gasteiger partial charge in [-0.25, -0.2) is 0 Å². The lowest BCUT2D eigenvalue weighted by atomic mass is 9.99. The van der Waals surface area contributed by atoms with Crippen LogP contribution in [0.1, 0.15) is 33.1 Å². The molecule has 0 saturated carbocycles. The fourth-order valence-corrected chi connectivity index (χ4v) is 1.03. The van der Waals surface area contributed by atoms with E-state index in [0.29, 0.717) is 12.2 Å². The Bertz CT molecular complexity index is 205. The molecule has 0 amide bonds. The van der Waals surface area contributed by atoms with E-state index in [1.165, 1.54) is 0 Å². The molecule has 0 heterocycles. The number of carbonyl (C=O) groups is 1. The van der Waals surface area contributed by atoms with Crippen LogP contribution in [0.4, 0.5) is 0 Å². The van der Waals surface area contributed by atoms with Gasteiger partial charge in [0.05, 0.1) is 0 Å². The van der Waals surface area contributed by atoms with Gasteiger partial charge < -0.3 is 12.8 Å². The molecule has 0 rings (SSSR count). The average Bonchev–Trinajstić information content (AvgIpc) is 2.04. The van der Waals surface area contributed by atoms with Crippen LogP contribution in [-0.4, -0.2) is 5.78 Å². The first kappa shape index (κ1) is 12.1. The Kier molecular flexibility index (Phi) is 6.14. The van der Waals surface area contributed by atoms with Crippen LogP contribution in [0, 0.1) is 37.5 Å². The molecule has 0 bridgehead atoms. The molecule has 0 aliphatic heterocycles. The summed E-state index contributed by atoms with van der Waals surface area (Å²) in [5, 5.41) is 0. The predicted octanol–water partition coefficient (Wildman–Crippen LogP) is 2.67. The maximum Gasteiger partial charge on any atom is 0.135 e. The molecule has 0 aliphatic carbocycles.